The minimum Gasteiger partial charge on any atom is -0.399 e. The van der Waals surface area contributed by atoms with Gasteiger partial charge in [-0.2, -0.15) is 5.10 Å². The lowest BCUT2D eigenvalue weighted by molar-refractivity contribution is -0.0367. The van der Waals surface area contributed by atoms with Crippen LogP contribution in [-0.4, -0.2) is 57.7 Å². The molecule has 0 saturated carbocycles. The molecule has 0 spiro atoms. The van der Waals surface area contributed by atoms with Gasteiger partial charge in [0.05, 0.1) is 28.1 Å². The molecule has 0 amide bonds. The topological polar surface area (TPSA) is 61.6 Å². The Hall–Kier alpha value is -2.52. The molecule has 5 heterocycles. The number of rotatable bonds is 6. The van der Waals surface area contributed by atoms with Crippen LogP contribution in [0.25, 0.3) is 23.1 Å². The summed E-state index contributed by atoms with van der Waals surface area (Å²) in [7, 11) is -0.415. The molecule has 0 radical (unpaired) electrons. The van der Waals surface area contributed by atoms with Crippen LogP contribution in [0.5, 0.6) is 0 Å². The van der Waals surface area contributed by atoms with Crippen LogP contribution in [0.2, 0.25) is 0 Å². The van der Waals surface area contributed by atoms with Crippen molar-refractivity contribution >= 4 is 35.6 Å². The number of nitrogens with zero attached hydrogens (tertiary/aromatic N) is 4. The molecule has 1 atom stereocenters. The van der Waals surface area contributed by atoms with Gasteiger partial charge >= 0.3 is 7.12 Å². The Balaban J connectivity index is 1.28. The second-order valence-electron chi connectivity index (χ2n) is 12.3. The fourth-order valence-corrected chi connectivity index (χ4v) is 5.72. The molecule has 206 valence electrons. The predicted molar refractivity (Wildman–Crippen MR) is 157 cm³/mol. The van der Waals surface area contributed by atoms with Gasteiger partial charge in [-0.3, -0.25) is 9.88 Å². The minimum absolute atomic E-state index is 0.0400. The van der Waals surface area contributed by atoms with Crippen molar-refractivity contribution < 1.29 is 14.0 Å². The summed E-state index contributed by atoms with van der Waals surface area (Å²) >= 11 is 0. The maximum atomic E-state index is 6.35. The number of hydrogen-bond acceptors (Lipinski definition) is 6. The van der Waals surface area contributed by atoms with E-state index in [0.717, 1.165) is 65.7 Å². The van der Waals surface area contributed by atoms with E-state index >= 15 is 0 Å². The largest absolute Gasteiger partial charge is 0.494 e. The smallest absolute Gasteiger partial charge is 0.399 e. The van der Waals surface area contributed by atoms with Crippen molar-refractivity contribution in [2.75, 3.05) is 19.7 Å². The van der Waals surface area contributed by atoms with Gasteiger partial charge in [0.2, 0.25) is 0 Å². The molecule has 3 fully saturated rings. The molecule has 3 saturated heterocycles. The van der Waals surface area contributed by atoms with Gasteiger partial charge in [0, 0.05) is 24.7 Å². The molecule has 2 aromatic heterocycles. The number of aromatic nitrogens is 3. The molecular formula is C31H41BN4O3. The number of likely N-dealkylation sites (tertiary alicyclic amines) is 1. The first kappa shape index (κ1) is 26.7. The Morgan fingerprint density at radius 1 is 0.949 bits per heavy atom. The minimum atomic E-state index is -0.415. The molecule has 3 aromatic rings. The molecule has 1 unspecified atom stereocenters. The highest BCUT2D eigenvalue weighted by atomic mass is 16.7. The lowest BCUT2D eigenvalue weighted by atomic mass is 9.78. The Morgan fingerprint density at radius 2 is 1.74 bits per heavy atom. The first-order valence-corrected chi connectivity index (χ1v) is 14.6. The van der Waals surface area contributed by atoms with Gasteiger partial charge in [-0.15, -0.1) is 0 Å². The summed E-state index contributed by atoms with van der Waals surface area (Å²) in [4.78, 5) is 7.25. The van der Waals surface area contributed by atoms with Gasteiger partial charge in [0.15, 0.2) is 6.23 Å². The Kier molecular flexibility index (Phi) is 7.40. The molecular weight excluding hydrogens is 487 g/mol. The van der Waals surface area contributed by atoms with Crippen LogP contribution in [-0.2, 0) is 20.6 Å². The van der Waals surface area contributed by atoms with Crippen LogP contribution >= 0.6 is 0 Å². The summed E-state index contributed by atoms with van der Waals surface area (Å²) < 4.78 is 20.9. The molecule has 0 bridgehead atoms. The van der Waals surface area contributed by atoms with Gasteiger partial charge in [-0.25, -0.2) is 4.68 Å². The van der Waals surface area contributed by atoms with E-state index in [1.54, 1.807) is 0 Å². The average molecular weight is 529 g/mol. The van der Waals surface area contributed by atoms with Gasteiger partial charge in [0.25, 0.3) is 0 Å². The molecule has 39 heavy (non-hydrogen) atoms. The van der Waals surface area contributed by atoms with Crippen LogP contribution in [0.1, 0.15) is 89.4 Å². The maximum absolute atomic E-state index is 6.35. The monoisotopic (exact) mass is 528 g/mol. The highest BCUT2D eigenvalue weighted by Crippen LogP contribution is 2.37. The van der Waals surface area contributed by atoms with E-state index in [1.165, 1.54) is 32.4 Å². The van der Waals surface area contributed by atoms with Crippen molar-refractivity contribution in [3.63, 3.8) is 0 Å². The average Bonchev–Trinajstić information content (AvgIpc) is 3.41. The third kappa shape index (κ3) is 5.57. The SMILES string of the molecule is CC1(C)OB(c2ccc3c(c2)c(/C=C/c2ccc(CN4CCCCC4)nc2)nn3C2CCCCO2)OC1(C)C. The van der Waals surface area contributed by atoms with E-state index in [1.807, 2.05) is 6.20 Å². The van der Waals surface area contributed by atoms with E-state index < -0.39 is 7.12 Å². The quantitative estimate of drug-likeness (QED) is 0.389. The number of benzene rings is 1. The summed E-state index contributed by atoms with van der Waals surface area (Å²) in [5.41, 5.74) is 4.41. The predicted octanol–water partition coefficient (Wildman–Crippen LogP) is 5.59. The number of hydrogen-bond donors (Lipinski definition) is 0. The Bertz CT molecular complexity index is 1310. The number of ether oxygens (including phenoxy) is 1. The van der Waals surface area contributed by atoms with Crippen molar-refractivity contribution in [2.24, 2.45) is 0 Å². The van der Waals surface area contributed by atoms with Crippen LogP contribution in [0.15, 0.2) is 36.5 Å². The van der Waals surface area contributed by atoms with Crippen LogP contribution in [0, 0.1) is 0 Å². The molecule has 3 aliphatic heterocycles. The molecule has 3 aliphatic rings. The zero-order chi connectivity index (χ0) is 27.0. The summed E-state index contributed by atoms with van der Waals surface area (Å²) in [5.74, 6) is 0. The zero-order valence-corrected chi connectivity index (χ0v) is 23.9. The summed E-state index contributed by atoms with van der Waals surface area (Å²) in [6, 6.07) is 10.7. The van der Waals surface area contributed by atoms with Crippen molar-refractivity contribution in [2.45, 2.75) is 90.2 Å². The van der Waals surface area contributed by atoms with E-state index in [4.69, 9.17) is 24.1 Å². The van der Waals surface area contributed by atoms with Crippen molar-refractivity contribution in [1.29, 1.82) is 0 Å². The summed E-state index contributed by atoms with van der Waals surface area (Å²) in [6.45, 7) is 12.4. The van der Waals surface area contributed by atoms with Gasteiger partial charge in [-0.05, 0) is 102 Å². The summed E-state index contributed by atoms with van der Waals surface area (Å²) in [6.07, 6.45) is 13.3. The highest BCUT2D eigenvalue weighted by Gasteiger charge is 2.51. The number of fused-ring (bicyclic) bond motifs is 1. The van der Waals surface area contributed by atoms with Crippen LogP contribution in [0.3, 0.4) is 0 Å². The normalized spacial score (nSPS) is 23.7. The lowest BCUT2D eigenvalue weighted by Crippen LogP contribution is -2.41. The third-order valence-electron chi connectivity index (χ3n) is 8.83. The number of piperidine rings is 1. The zero-order valence-electron chi connectivity index (χ0n) is 23.9. The van der Waals surface area contributed by atoms with Crippen molar-refractivity contribution in [3.8, 4) is 0 Å². The van der Waals surface area contributed by atoms with E-state index in [0.29, 0.717) is 0 Å². The molecule has 1 aromatic carbocycles. The molecule has 0 N–H and O–H groups in total. The van der Waals surface area contributed by atoms with E-state index in [9.17, 15) is 0 Å². The van der Waals surface area contributed by atoms with Gasteiger partial charge in [-0.1, -0.05) is 30.7 Å². The second-order valence-corrected chi connectivity index (χ2v) is 12.3. The second kappa shape index (κ2) is 10.8. The third-order valence-corrected chi connectivity index (χ3v) is 8.83. The van der Waals surface area contributed by atoms with Crippen molar-refractivity contribution in [3.05, 3.63) is 53.5 Å². The first-order chi connectivity index (χ1) is 18.8. The fraction of sp³-hybridized carbons (Fsp3) is 0.548. The summed E-state index contributed by atoms with van der Waals surface area (Å²) in [5, 5.41) is 6.12. The molecule has 8 heteroatoms. The number of pyridine rings is 1. The van der Waals surface area contributed by atoms with Crippen molar-refractivity contribution in [1.82, 2.24) is 19.7 Å². The Morgan fingerprint density at radius 3 is 2.44 bits per heavy atom. The standard InChI is InChI=1S/C31H41BN4O3/c1-30(2)31(3,4)39-32(38-30)24-13-16-28-26(20-24)27(34-36(28)29-10-6-9-19-37-29)15-12-23-11-14-25(33-21-23)22-35-17-7-5-8-18-35/h11-16,20-21,29H,5-10,17-19,22H2,1-4H3/b15-12+. The van der Waals surface area contributed by atoms with E-state index in [-0.39, 0.29) is 17.4 Å². The van der Waals surface area contributed by atoms with Gasteiger partial charge in [0.1, 0.15) is 0 Å². The van der Waals surface area contributed by atoms with Crippen LogP contribution in [0.4, 0.5) is 0 Å². The molecule has 0 aliphatic carbocycles. The van der Waals surface area contributed by atoms with Crippen LogP contribution < -0.4 is 5.46 Å². The maximum Gasteiger partial charge on any atom is 0.494 e. The highest BCUT2D eigenvalue weighted by molar-refractivity contribution is 6.62. The Labute approximate surface area is 232 Å². The molecule has 7 nitrogen and oxygen atoms in total. The van der Waals surface area contributed by atoms with E-state index in [2.05, 4.69) is 79.8 Å². The molecule has 6 rings (SSSR count). The fourth-order valence-electron chi connectivity index (χ4n) is 5.72. The van der Waals surface area contributed by atoms with Gasteiger partial charge < -0.3 is 14.0 Å². The first-order valence-electron chi connectivity index (χ1n) is 14.6. The lowest BCUT2D eigenvalue weighted by Gasteiger charge is -2.32.